The van der Waals surface area contributed by atoms with Crippen LogP contribution in [-0.4, -0.2) is 0 Å². The lowest BCUT2D eigenvalue weighted by Crippen LogP contribution is -2.30. The van der Waals surface area contributed by atoms with E-state index in [1.807, 2.05) is 163 Å². The molecule has 2 aliphatic carbocycles. The fourth-order valence-corrected chi connectivity index (χ4v) is 12.1. The summed E-state index contributed by atoms with van der Waals surface area (Å²) in [6.07, 6.45) is 3.45. The number of hydrogen-bond donors (Lipinski definition) is 0. The van der Waals surface area contributed by atoms with E-state index >= 15 is 30.7 Å². The molecule has 398 valence electrons. The van der Waals surface area contributed by atoms with Gasteiger partial charge >= 0.3 is 0 Å². The zero-order valence-corrected chi connectivity index (χ0v) is 43.4. The molecule has 0 radical (unpaired) electrons. The largest absolute Gasteiger partial charge is 0.457 e. The number of halogens is 7. The molecule has 0 saturated carbocycles. The van der Waals surface area contributed by atoms with Gasteiger partial charge in [0.1, 0.15) is 28.8 Å². The van der Waals surface area contributed by atoms with Gasteiger partial charge in [-0.1, -0.05) is 135 Å². The van der Waals surface area contributed by atoms with E-state index in [1.165, 1.54) is 12.1 Å². The Balaban J connectivity index is 1.02. The van der Waals surface area contributed by atoms with Crippen LogP contribution < -0.4 is 14.4 Å². The number of rotatable bonds is 13. The molecule has 0 N–H and O–H groups in total. The van der Waals surface area contributed by atoms with Gasteiger partial charge in [-0.25, -0.2) is 30.7 Å². The maximum atomic E-state index is 15.9. The summed E-state index contributed by atoms with van der Waals surface area (Å²) < 4.78 is 122. The average Bonchev–Trinajstić information content (AvgIpc) is 2.01. The third kappa shape index (κ3) is 8.28. The van der Waals surface area contributed by atoms with Gasteiger partial charge in [0, 0.05) is 17.1 Å². The number of fused-ring (bicyclic) bond motifs is 6. The fraction of sp³-hybridized carbons (Fsp3) is 0.0278. The van der Waals surface area contributed by atoms with Crippen molar-refractivity contribution in [2.45, 2.75) is 10.8 Å². The lowest BCUT2D eigenvalue weighted by molar-refractivity contribution is 0.443. The Hall–Kier alpha value is -10.2. The second-order valence-corrected chi connectivity index (χ2v) is 20.2. The van der Waals surface area contributed by atoms with Crippen molar-refractivity contribution in [3.63, 3.8) is 0 Å². The second-order valence-electron chi connectivity index (χ2n) is 20.2. The summed E-state index contributed by atoms with van der Waals surface area (Å²) in [5.41, 5.74) is 7.14. The summed E-state index contributed by atoms with van der Waals surface area (Å²) in [5, 5.41) is 0. The molecule has 10 heteroatoms. The lowest BCUT2D eigenvalue weighted by atomic mass is 9.67. The zero-order chi connectivity index (χ0) is 56.4. The van der Waals surface area contributed by atoms with Gasteiger partial charge < -0.3 is 14.4 Å². The van der Waals surface area contributed by atoms with Crippen molar-refractivity contribution in [1.82, 2.24) is 0 Å². The number of anilines is 3. The lowest BCUT2D eigenvalue weighted by Gasteiger charge is -2.36. The second kappa shape index (κ2) is 20.2. The van der Waals surface area contributed by atoms with Gasteiger partial charge in [-0.05, 0) is 199 Å². The smallest absolute Gasteiger partial charge is 0.194 e. The molecule has 0 saturated heterocycles. The molecular formula is C72H44F7NO2. The van der Waals surface area contributed by atoms with Gasteiger partial charge in [0.2, 0.25) is 0 Å². The van der Waals surface area contributed by atoms with Crippen molar-refractivity contribution in [1.29, 1.82) is 0 Å². The van der Waals surface area contributed by atoms with Crippen LogP contribution in [0.25, 0.3) is 34.4 Å². The first kappa shape index (κ1) is 51.3. The summed E-state index contributed by atoms with van der Waals surface area (Å²) in [5.74, 6) is -7.16. The predicted octanol–water partition coefficient (Wildman–Crippen LogP) is 19.7. The van der Waals surface area contributed by atoms with Crippen molar-refractivity contribution in [3.05, 3.63) is 340 Å². The highest BCUT2D eigenvalue weighted by Gasteiger charge is 2.49. The van der Waals surface area contributed by atoms with Gasteiger partial charge in [0.15, 0.2) is 34.9 Å². The van der Waals surface area contributed by atoms with E-state index in [0.29, 0.717) is 73.4 Å². The Labute approximate surface area is 468 Å². The van der Waals surface area contributed by atoms with E-state index in [4.69, 9.17) is 9.47 Å². The molecule has 11 aromatic rings. The van der Waals surface area contributed by atoms with Crippen LogP contribution in [0.3, 0.4) is 0 Å². The van der Waals surface area contributed by atoms with Crippen LogP contribution in [0.4, 0.5) is 47.8 Å². The summed E-state index contributed by atoms with van der Waals surface area (Å²) >= 11 is 0. The van der Waals surface area contributed by atoms with Crippen LogP contribution in [0.1, 0.15) is 55.6 Å². The van der Waals surface area contributed by atoms with Crippen LogP contribution >= 0.6 is 0 Å². The van der Waals surface area contributed by atoms with Crippen LogP contribution in [0.5, 0.6) is 23.0 Å². The van der Waals surface area contributed by atoms with Crippen molar-refractivity contribution >= 4 is 29.2 Å². The topological polar surface area (TPSA) is 21.7 Å². The van der Waals surface area contributed by atoms with Crippen molar-refractivity contribution in [3.8, 4) is 45.3 Å². The fourth-order valence-electron chi connectivity index (χ4n) is 12.1. The molecule has 11 aromatic carbocycles. The molecule has 13 rings (SSSR count). The molecule has 82 heavy (non-hydrogen) atoms. The Morgan fingerprint density at radius 3 is 1.01 bits per heavy atom. The molecule has 0 amide bonds. The maximum absolute atomic E-state index is 15.9. The van der Waals surface area contributed by atoms with Crippen LogP contribution in [0, 0.1) is 40.7 Å². The van der Waals surface area contributed by atoms with Crippen molar-refractivity contribution < 1.29 is 40.2 Å². The maximum Gasteiger partial charge on any atom is 0.194 e. The minimum Gasteiger partial charge on any atom is -0.457 e. The molecule has 0 bridgehead atoms. The highest BCUT2D eigenvalue weighted by molar-refractivity contribution is 5.92. The molecule has 0 aromatic heterocycles. The van der Waals surface area contributed by atoms with E-state index < -0.39 is 51.6 Å². The summed E-state index contributed by atoms with van der Waals surface area (Å²) in [4.78, 5) is 1.89. The normalized spacial score (nSPS) is 15.5. The van der Waals surface area contributed by atoms with E-state index in [2.05, 4.69) is 13.2 Å². The Kier molecular flexibility index (Phi) is 12.6. The van der Waals surface area contributed by atoms with Crippen molar-refractivity contribution in [2.75, 3.05) is 4.90 Å². The molecule has 2 aliphatic rings. The predicted molar refractivity (Wildman–Crippen MR) is 309 cm³/mol. The first-order chi connectivity index (χ1) is 39.9. The third-order valence-electron chi connectivity index (χ3n) is 15.8. The number of nitrogens with zero attached hydrogens (tertiary/aromatic N) is 1. The number of ether oxygens (including phenoxy) is 2. The van der Waals surface area contributed by atoms with E-state index in [0.717, 1.165) is 57.6 Å². The Morgan fingerprint density at radius 2 is 0.646 bits per heavy atom. The first-order valence-electron chi connectivity index (χ1n) is 26.3. The molecule has 0 heterocycles. The van der Waals surface area contributed by atoms with Crippen LogP contribution in [-0.2, 0) is 10.8 Å². The minimum atomic E-state index is -1.62. The van der Waals surface area contributed by atoms with E-state index in [-0.39, 0.29) is 11.1 Å². The highest BCUT2D eigenvalue weighted by atomic mass is 19.2. The number of benzene rings is 11. The average molecular weight is 1090 g/mol. The minimum absolute atomic E-state index is 0.107. The number of hydrogen-bond acceptors (Lipinski definition) is 3. The molecule has 2 atom stereocenters. The first-order valence-corrected chi connectivity index (χ1v) is 26.3. The van der Waals surface area contributed by atoms with E-state index in [1.54, 1.807) is 48.6 Å². The molecule has 0 spiro atoms. The quantitative estimate of drug-likeness (QED) is 0.0848. The van der Waals surface area contributed by atoms with E-state index in [9.17, 15) is 0 Å². The van der Waals surface area contributed by atoms with Gasteiger partial charge in [-0.3, -0.25) is 0 Å². The standard InChI is InChI=1S/C72H44F7NO2/c1-3-43-13-27-53(28-14-43)81-55-31-17-45(18-32-55)71(47-37-65(74)69(78)66(75)38-47)61-11-7-5-9-57(61)59-35-25-51(41-63(59)71)80(50-23-21-49(73)22-24-50)52-26-36-60-58-10-6-8-12-62(58)72(64(60)42-52,48-39-67(76)70(79)68(77)40-48)46-19-33-56(34-20-46)82-54-29-15-44(4-2)16-30-54/h3-42H,1-2H2. The zero-order valence-electron chi connectivity index (χ0n) is 43.4. The molecule has 0 fully saturated rings. The van der Waals surface area contributed by atoms with Crippen LogP contribution in [0.15, 0.2) is 244 Å². The monoisotopic (exact) mass is 1090 g/mol. The third-order valence-corrected chi connectivity index (χ3v) is 15.8. The summed E-state index contributed by atoms with van der Waals surface area (Å²) in [6, 6.07) is 65.5. The Bertz CT molecular complexity index is 4030. The summed E-state index contributed by atoms with van der Waals surface area (Å²) in [6.45, 7) is 7.65. The molecular weight excluding hydrogens is 1040 g/mol. The van der Waals surface area contributed by atoms with Crippen molar-refractivity contribution in [2.24, 2.45) is 0 Å². The van der Waals surface area contributed by atoms with Gasteiger partial charge in [-0.15, -0.1) is 0 Å². The Morgan fingerprint density at radius 1 is 0.317 bits per heavy atom. The molecule has 2 unspecified atom stereocenters. The molecule has 3 nitrogen and oxygen atoms in total. The highest BCUT2D eigenvalue weighted by Crippen LogP contribution is 2.60. The molecule has 0 aliphatic heterocycles. The summed E-state index contributed by atoms with van der Waals surface area (Å²) in [7, 11) is 0. The van der Waals surface area contributed by atoms with Gasteiger partial charge in [-0.2, -0.15) is 0 Å². The SMILES string of the molecule is C=Cc1ccc(Oc2ccc(C3(c4cc(F)c(F)c(F)c4)c4ccccc4-c4ccc(N(c5ccc(F)cc5)c5ccc6c(c5)C(c5ccc(Oc7ccc(C=C)cc7)cc5)(c5cc(F)c(F)c(F)c5)c5ccccc5-6)cc43)cc2)cc1. The van der Waals surface area contributed by atoms with Gasteiger partial charge in [0.25, 0.3) is 0 Å². The van der Waals surface area contributed by atoms with Gasteiger partial charge in [0.05, 0.1) is 10.8 Å². The van der Waals surface area contributed by atoms with Crippen LogP contribution in [0.2, 0.25) is 0 Å².